The highest BCUT2D eigenvalue weighted by molar-refractivity contribution is 6.28. The molecule has 0 fully saturated rings. The predicted octanol–water partition coefficient (Wildman–Crippen LogP) is 2.66. The molecule has 0 aliphatic carbocycles. The molecule has 0 amide bonds. The van der Waals surface area contributed by atoms with Crippen molar-refractivity contribution in [1.29, 1.82) is 0 Å². The number of imidazole rings is 1. The van der Waals surface area contributed by atoms with Gasteiger partial charge in [-0.05, 0) is 29.8 Å². The summed E-state index contributed by atoms with van der Waals surface area (Å²) in [6.45, 7) is 0. The number of nitrogens with zero attached hydrogens (tertiary/aromatic N) is 2. The third kappa shape index (κ3) is 1.55. The Hall–Kier alpha value is -1.35. The molecule has 0 saturated heterocycles. The van der Waals surface area contributed by atoms with Gasteiger partial charge in [0.2, 0.25) is 5.28 Å². The Kier molecular flexibility index (Phi) is 2.02. The molecule has 0 bridgehead atoms. The average Bonchev–Trinajstić information content (AvgIpc) is 2.51. The molecule has 0 N–H and O–H groups in total. The van der Waals surface area contributed by atoms with Crippen LogP contribution in [0.3, 0.4) is 0 Å². The van der Waals surface area contributed by atoms with Crippen molar-refractivity contribution in [1.82, 2.24) is 9.55 Å². The number of halogens is 2. The number of hydrogen-bond donors (Lipinski definition) is 0. The maximum atomic E-state index is 12.8. The summed E-state index contributed by atoms with van der Waals surface area (Å²) < 4.78 is 14.4. The van der Waals surface area contributed by atoms with Crippen molar-refractivity contribution in [3.63, 3.8) is 0 Å². The van der Waals surface area contributed by atoms with E-state index >= 15 is 0 Å². The number of benzene rings is 1. The summed E-state index contributed by atoms with van der Waals surface area (Å²) >= 11 is 5.76. The second-order valence-corrected chi connectivity index (χ2v) is 2.88. The van der Waals surface area contributed by atoms with Crippen molar-refractivity contribution in [2.45, 2.75) is 0 Å². The summed E-state index contributed by atoms with van der Waals surface area (Å²) in [6.07, 6.45) is 3.24. The first-order valence-corrected chi connectivity index (χ1v) is 4.10. The van der Waals surface area contributed by atoms with Gasteiger partial charge in [0.1, 0.15) is 5.82 Å². The van der Waals surface area contributed by atoms with Crippen molar-refractivity contribution < 1.29 is 4.39 Å². The zero-order valence-corrected chi connectivity index (χ0v) is 7.37. The van der Waals surface area contributed by atoms with E-state index in [4.69, 9.17) is 11.6 Å². The quantitative estimate of drug-likeness (QED) is 0.686. The lowest BCUT2D eigenvalue weighted by Crippen LogP contribution is -1.92. The van der Waals surface area contributed by atoms with Gasteiger partial charge in [-0.2, -0.15) is 0 Å². The normalized spacial score (nSPS) is 10.3. The fourth-order valence-electron chi connectivity index (χ4n) is 1.10. The Morgan fingerprint density at radius 3 is 2.85 bits per heavy atom. The Balaban J connectivity index is 2.53. The minimum Gasteiger partial charge on any atom is -0.291 e. The molecule has 66 valence electrons. The Bertz CT molecular complexity index is 425. The van der Waals surface area contributed by atoms with Gasteiger partial charge < -0.3 is 0 Å². The molecule has 0 atom stereocenters. The molecule has 0 aliphatic heterocycles. The Morgan fingerprint density at radius 2 is 2.23 bits per heavy atom. The smallest absolute Gasteiger partial charge is 0.207 e. The van der Waals surface area contributed by atoms with Crippen LogP contribution in [0.15, 0.2) is 36.7 Å². The topological polar surface area (TPSA) is 17.8 Å². The van der Waals surface area contributed by atoms with Gasteiger partial charge in [-0.3, -0.25) is 4.57 Å². The SMILES string of the molecule is Fc1cccc(-n2ccnc2Cl)c1. The lowest BCUT2D eigenvalue weighted by atomic mass is 10.3. The van der Waals surface area contributed by atoms with Crippen LogP contribution in [-0.2, 0) is 0 Å². The molecule has 0 aliphatic rings. The summed E-state index contributed by atoms with van der Waals surface area (Å²) in [6, 6.07) is 6.17. The first-order valence-electron chi connectivity index (χ1n) is 3.72. The van der Waals surface area contributed by atoms with E-state index < -0.39 is 0 Å². The van der Waals surface area contributed by atoms with E-state index in [-0.39, 0.29) is 5.82 Å². The number of rotatable bonds is 1. The Labute approximate surface area is 79.6 Å². The maximum Gasteiger partial charge on any atom is 0.207 e. The van der Waals surface area contributed by atoms with Crippen molar-refractivity contribution in [2.75, 3.05) is 0 Å². The average molecular weight is 197 g/mol. The summed E-state index contributed by atoms with van der Waals surface area (Å²) in [4.78, 5) is 3.83. The van der Waals surface area contributed by atoms with E-state index in [0.717, 1.165) is 0 Å². The van der Waals surface area contributed by atoms with Gasteiger partial charge in [0.25, 0.3) is 0 Å². The van der Waals surface area contributed by atoms with Crippen LogP contribution in [0.2, 0.25) is 5.28 Å². The van der Waals surface area contributed by atoms with Crippen LogP contribution in [0.4, 0.5) is 4.39 Å². The first kappa shape index (κ1) is 8.26. The highest BCUT2D eigenvalue weighted by atomic mass is 35.5. The minimum atomic E-state index is -0.290. The van der Waals surface area contributed by atoms with Crippen LogP contribution >= 0.6 is 11.6 Å². The van der Waals surface area contributed by atoms with Crippen LogP contribution in [0.1, 0.15) is 0 Å². The molecule has 1 aromatic carbocycles. The van der Waals surface area contributed by atoms with E-state index in [1.807, 2.05) is 0 Å². The van der Waals surface area contributed by atoms with Crippen LogP contribution in [-0.4, -0.2) is 9.55 Å². The molecule has 1 aromatic heterocycles. The predicted molar refractivity (Wildman–Crippen MR) is 48.5 cm³/mol. The lowest BCUT2D eigenvalue weighted by molar-refractivity contribution is 0.626. The molecular weight excluding hydrogens is 191 g/mol. The van der Waals surface area contributed by atoms with Gasteiger partial charge in [-0.25, -0.2) is 9.37 Å². The monoisotopic (exact) mass is 196 g/mol. The van der Waals surface area contributed by atoms with Crippen LogP contribution in [0.5, 0.6) is 0 Å². The van der Waals surface area contributed by atoms with Gasteiger partial charge in [0.15, 0.2) is 0 Å². The van der Waals surface area contributed by atoms with Gasteiger partial charge >= 0.3 is 0 Å². The zero-order valence-electron chi connectivity index (χ0n) is 6.61. The van der Waals surface area contributed by atoms with Gasteiger partial charge in [-0.15, -0.1) is 0 Å². The molecule has 0 radical (unpaired) electrons. The van der Waals surface area contributed by atoms with Crippen molar-refractivity contribution >= 4 is 11.6 Å². The van der Waals surface area contributed by atoms with Gasteiger partial charge in [-0.1, -0.05) is 6.07 Å². The maximum absolute atomic E-state index is 12.8. The minimum absolute atomic E-state index is 0.290. The molecule has 1 heterocycles. The van der Waals surface area contributed by atoms with E-state index in [2.05, 4.69) is 4.98 Å². The van der Waals surface area contributed by atoms with E-state index in [0.29, 0.717) is 11.0 Å². The van der Waals surface area contributed by atoms with Crippen molar-refractivity contribution in [2.24, 2.45) is 0 Å². The second-order valence-electron chi connectivity index (χ2n) is 2.55. The number of hydrogen-bond acceptors (Lipinski definition) is 1. The van der Waals surface area contributed by atoms with Gasteiger partial charge in [0.05, 0.1) is 5.69 Å². The highest BCUT2D eigenvalue weighted by Crippen LogP contribution is 2.14. The van der Waals surface area contributed by atoms with Crippen LogP contribution < -0.4 is 0 Å². The van der Waals surface area contributed by atoms with Crippen LogP contribution in [0.25, 0.3) is 5.69 Å². The van der Waals surface area contributed by atoms with Gasteiger partial charge in [0, 0.05) is 12.4 Å². The standard InChI is InChI=1S/C9H6ClFN2/c10-9-12-4-5-13(9)8-3-1-2-7(11)6-8/h1-6H. The molecule has 2 rings (SSSR count). The summed E-state index contributed by atoms with van der Waals surface area (Å²) in [5.74, 6) is -0.290. The van der Waals surface area contributed by atoms with E-state index in [1.165, 1.54) is 12.1 Å². The lowest BCUT2D eigenvalue weighted by Gasteiger charge is -2.02. The molecule has 2 nitrogen and oxygen atoms in total. The molecule has 2 aromatic rings. The summed E-state index contributed by atoms with van der Waals surface area (Å²) in [7, 11) is 0. The third-order valence-electron chi connectivity index (χ3n) is 1.68. The molecular formula is C9H6ClFN2. The van der Waals surface area contributed by atoms with E-state index in [1.54, 1.807) is 29.1 Å². The first-order chi connectivity index (χ1) is 6.27. The Morgan fingerprint density at radius 1 is 1.38 bits per heavy atom. The van der Waals surface area contributed by atoms with Crippen molar-refractivity contribution in [3.8, 4) is 5.69 Å². The largest absolute Gasteiger partial charge is 0.291 e. The van der Waals surface area contributed by atoms with Crippen molar-refractivity contribution in [3.05, 3.63) is 47.8 Å². The number of aromatic nitrogens is 2. The molecule has 0 spiro atoms. The highest BCUT2D eigenvalue weighted by Gasteiger charge is 2.01. The summed E-state index contributed by atoms with van der Waals surface area (Å²) in [5.41, 5.74) is 0.669. The van der Waals surface area contributed by atoms with E-state index in [9.17, 15) is 4.39 Å². The molecule has 0 unspecified atom stereocenters. The summed E-state index contributed by atoms with van der Waals surface area (Å²) in [5, 5.41) is 0.325. The fraction of sp³-hybridized carbons (Fsp3) is 0. The molecule has 13 heavy (non-hydrogen) atoms. The second kappa shape index (κ2) is 3.18. The molecule has 4 heteroatoms. The zero-order chi connectivity index (χ0) is 9.26. The molecule has 0 saturated carbocycles. The fourth-order valence-corrected chi connectivity index (χ4v) is 1.31. The van der Waals surface area contributed by atoms with Crippen LogP contribution in [0, 0.1) is 5.82 Å². The third-order valence-corrected chi connectivity index (χ3v) is 1.96.